The monoisotopic (exact) mass is 212 g/mol. The Morgan fingerprint density at radius 2 is 2.00 bits per heavy atom. The van der Waals surface area contributed by atoms with Crippen molar-refractivity contribution in [3.05, 3.63) is 0 Å². The van der Waals surface area contributed by atoms with Crippen LogP contribution in [-0.4, -0.2) is 49.3 Å². The largest absolute Gasteiger partial charge is 0.381 e. The Bertz CT molecular complexity index is 202. The molecule has 1 N–H and O–H groups in total. The highest BCUT2D eigenvalue weighted by Gasteiger charge is 2.32. The van der Waals surface area contributed by atoms with Crippen molar-refractivity contribution in [1.82, 2.24) is 10.2 Å². The molecule has 0 aromatic carbocycles. The van der Waals surface area contributed by atoms with Gasteiger partial charge in [0.1, 0.15) is 0 Å². The molecule has 0 spiro atoms. The van der Waals surface area contributed by atoms with Crippen molar-refractivity contribution in [3.8, 4) is 0 Å². The summed E-state index contributed by atoms with van der Waals surface area (Å²) in [7, 11) is 1.82. The zero-order valence-electron chi connectivity index (χ0n) is 10.2. The molecule has 2 rings (SSSR count). The lowest BCUT2D eigenvalue weighted by Gasteiger charge is -2.36. The molecule has 1 heterocycles. The normalized spacial score (nSPS) is 37.2. The fraction of sp³-hybridized carbons (Fsp3) is 1.00. The molecule has 2 aliphatic rings. The van der Waals surface area contributed by atoms with Crippen LogP contribution in [0.15, 0.2) is 0 Å². The Hall–Kier alpha value is -0.120. The molecule has 1 aliphatic carbocycles. The van der Waals surface area contributed by atoms with Crippen LogP contribution in [0.4, 0.5) is 0 Å². The molecule has 0 aromatic heterocycles. The zero-order valence-corrected chi connectivity index (χ0v) is 10.2. The first-order valence-corrected chi connectivity index (χ1v) is 6.22. The summed E-state index contributed by atoms with van der Waals surface area (Å²) in [6, 6.07) is 2.13. The Labute approximate surface area is 93.2 Å². The molecule has 0 amide bonds. The van der Waals surface area contributed by atoms with Crippen molar-refractivity contribution in [2.75, 3.05) is 20.2 Å². The number of hydrogen-bond acceptors (Lipinski definition) is 3. The maximum absolute atomic E-state index is 5.29. The van der Waals surface area contributed by atoms with Crippen LogP contribution in [0.2, 0.25) is 0 Å². The molecular weight excluding hydrogens is 188 g/mol. The number of nitrogens with zero attached hydrogens (tertiary/aromatic N) is 1. The van der Waals surface area contributed by atoms with Gasteiger partial charge in [0.25, 0.3) is 0 Å². The molecule has 2 fully saturated rings. The van der Waals surface area contributed by atoms with Gasteiger partial charge in [-0.1, -0.05) is 0 Å². The van der Waals surface area contributed by atoms with E-state index in [-0.39, 0.29) is 0 Å². The molecule has 1 aliphatic heterocycles. The average molecular weight is 212 g/mol. The second-order valence-electron chi connectivity index (χ2n) is 5.27. The summed E-state index contributed by atoms with van der Waals surface area (Å²) in [5.41, 5.74) is 0. The lowest BCUT2D eigenvalue weighted by atomic mass is 9.88. The first-order chi connectivity index (χ1) is 7.19. The Morgan fingerprint density at radius 3 is 2.53 bits per heavy atom. The van der Waals surface area contributed by atoms with E-state index in [0.717, 1.165) is 6.04 Å². The second-order valence-corrected chi connectivity index (χ2v) is 5.27. The number of rotatable bonds is 4. The predicted molar refractivity (Wildman–Crippen MR) is 62.1 cm³/mol. The van der Waals surface area contributed by atoms with Crippen LogP contribution in [-0.2, 0) is 4.74 Å². The van der Waals surface area contributed by atoms with Crippen molar-refractivity contribution >= 4 is 0 Å². The minimum absolute atomic E-state index is 0.519. The third-order valence-corrected chi connectivity index (χ3v) is 3.85. The Balaban J connectivity index is 1.65. The van der Waals surface area contributed by atoms with Gasteiger partial charge in [-0.3, -0.25) is 4.90 Å². The van der Waals surface area contributed by atoms with Gasteiger partial charge in [-0.25, -0.2) is 0 Å². The Kier molecular flexibility index (Phi) is 3.65. The molecule has 1 saturated carbocycles. The average Bonchev–Trinajstić information content (AvgIpc) is 2.58. The number of nitrogens with one attached hydrogen (secondary N) is 1. The van der Waals surface area contributed by atoms with Crippen molar-refractivity contribution in [2.45, 2.75) is 57.3 Å². The van der Waals surface area contributed by atoms with Crippen molar-refractivity contribution in [1.29, 1.82) is 0 Å². The minimum atomic E-state index is 0.519. The van der Waals surface area contributed by atoms with Gasteiger partial charge >= 0.3 is 0 Å². The van der Waals surface area contributed by atoms with Crippen LogP contribution in [0.5, 0.6) is 0 Å². The first-order valence-electron chi connectivity index (χ1n) is 6.22. The number of likely N-dealkylation sites (tertiary alicyclic amines) is 1. The molecule has 0 radical (unpaired) electrons. The maximum Gasteiger partial charge on any atom is 0.0601 e. The fourth-order valence-corrected chi connectivity index (χ4v) is 2.62. The molecular formula is C12H24N2O. The zero-order chi connectivity index (χ0) is 10.8. The fourth-order valence-electron chi connectivity index (χ4n) is 2.62. The maximum atomic E-state index is 5.29. The van der Waals surface area contributed by atoms with Gasteiger partial charge in [0.15, 0.2) is 0 Å². The standard InChI is InChI=1S/C12H24N2O/c1-9(2)14-5-4-10(8-14)13-11-6-12(7-11)15-3/h9-13H,4-8H2,1-3H3. The Morgan fingerprint density at radius 1 is 1.27 bits per heavy atom. The van der Waals surface area contributed by atoms with Gasteiger partial charge in [-0.05, 0) is 39.7 Å². The van der Waals surface area contributed by atoms with Crippen LogP contribution in [0.1, 0.15) is 33.1 Å². The molecule has 1 unspecified atom stereocenters. The van der Waals surface area contributed by atoms with E-state index >= 15 is 0 Å². The topological polar surface area (TPSA) is 24.5 Å². The lowest BCUT2D eigenvalue weighted by Crippen LogP contribution is -2.50. The van der Waals surface area contributed by atoms with Gasteiger partial charge in [-0.15, -0.1) is 0 Å². The van der Waals surface area contributed by atoms with E-state index in [0.29, 0.717) is 18.2 Å². The summed E-state index contributed by atoms with van der Waals surface area (Å²) in [6.45, 7) is 7.06. The highest BCUT2D eigenvalue weighted by Crippen LogP contribution is 2.24. The van der Waals surface area contributed by atoms with E-state index in [9.17, 15) is 0 Å². The second kappa shape index (κ2) is 4.81. The van der Waals surface area contributed by atoms with Gasteiger partial charge in [0.2, 0.25) is 0 Å². The summed E-state index contributed by atoms with van der Waals surface area (Å²) >= 11 is 0. The third kappa shape index (κ3) is 2.71. The van der Waals surface area contributed by atoms with Crippen molar-refractivity contribution < 1.29 is 4.74 Å². The number of ether oxygens (including phenoxy) is 1. The molecule has 15 heavy (non-hydrogen) atoms. The number of methoxy groups -OCH3 is 1. The molecule has 3 nitrogen and oxygen atoms in total. The van der Waals surface area contributed by atoms with Gasteiger partial charge in [-0.2, -0.15) is 0 Å². The van der Waals surface area contributed by atoms with E-state index in [1.54, 1.807) is 0 Å². The van der Waals surface area contributed by atoms with E-state index in [1.165, 1.54) is 32.4 Å². The number of hydrogen-bond donors (Lipinski definition) is 1. The highest BCUT2D eigenvalue weighted by molar-refractivity contribution is 4.91. The molecule has 1 saturated heterocycles. The third-order valence-electron chi connectivity index (χ3n) is 3.85. The van der Waals surface area contributed by atoms with Crippen LogP contribution < -0.4 is 5.32 Å². The molecule has 88 valence electrons. The quantitative estimate of drug-likeness (QED) is 0.759. The van der Waals surface area contributed by atoms with Crippen LogP contribution in [0, 0.1) is 0 Å². The molecule has 3 heteroatoms. The first kappa shape index (κ1) is 11.4. The van der Waals surface area contributed by atoms with Crippen molar-refractivity contribution in [3.63, 3.8) is 0 Å². The van der Waals surface area contributed by atoms with Crippen LogP contribution in [0.25, 0.3) is 0 Å². The van der Waals surface area contributed by atoms with E-state index in [1.807, 2.05) is 7.11 Å². The minimum Gasteiger partial charge on any atom is -0.381 e. The summed E-state index contributed by atoms with van der Waals surface area (Å²) in [5.74, 6) is 0. The summed E-state index contributed by atoms with van der Waals surface area (Å²) in [5, 5.41) is 3.74. The van der Waals surface area contributed by atoms with Crippen LogP contribution >= 0.6 is 0 Å². The lowest BCUT2D eigenvalue weighted by molar-refractivity contribution is 0.0144. The highest BCUT2D eigenvalue weighted by atomic mass is 16.5. The van der Waals surface area contributed by atoms with Gasteiger partial charge < -0.3 is 10.1 Å². The smallest absolute Gasteiger partial charge is 0.0601 e. The summed E-state index contributed by atoms with van der Waals surface area (Å²) in [4.78, 5) is 2.56. The van der Waals surface area contributed by atoms with E-state index < -0.39 is 0 Å². The molecule has 0 aromatic rings. The summed E-state index contributed by atoms with van der Waals surface area (Å²) in [6.07, 6.45) is 4.24. The van der Waals surface area contributed by atoms with Gasteiger partial charge in [0.05, 0.1) is 6.10 Å². The van der Waals surface area contributed by atoms with E-state index in [4.69, 9.17) is 4.74 Å². The summed E-state index contributed by atoms with van der Waals surface area (Å²) < 4.78 is 5.29. The SMILES string of the molecule is COC1CC(NC2CCN(C(C)C)C2)C1. The molecule has 0 bridgehead atoms. The van der Waals surface area contributed by atoms with E-state index in [2.05, 4.69) is 24.1 Å². The van der Waals surface area contributed by atoms with Crippen molar-refractivity contribution in [2.24, 2.45) is 0 Å². The predicted octanol–water partition coefficient (Wildman–Crippen LogP) is 1.24. The van der Waals surface area contributed by atoms with Gasteiger partial charge in [0, 0.05) is 31.8 Å². The van der Waals surface area contributed by atoms with Crippen LogP contribution in [0.3, 0.4) is 0 Å². The molecule has 1 atom stereocenters.